The SMILES string of the molecule is CCCn1ccnc1NC(C)c1ccsc1. The number of nitrogens with zero attached hydrogens (tertiary/aromatic N) is 2. The van der Waals surface area contributed by atoms with Crippen LogP contribution in [0.2, 0.25) is 0 Å². The van der Waals surface area contributed by atoms with Crippen LogP contribution in [0.4, 0.5) is 5.95 Å². The van der Waals surface area contributed by atoms with Crippen molar-refractivity contribution in [3.8, 4) is 0 Å². The van der Waals surface area contributed by atoms with Crippen LogP contribution in [-0.4, -0.2) is 9.55 Å². The van der Waals surface area contributed by atoms with Gasteiger partial charge in [0.2, 0.25) is 5.95 Å². The molecule has 0 amide bonds. The summed E-state index contributed by atoms with van der Waals surface area (Å²) in [6.45, 7) is 5.35. The molecule has 0 fully saturated rings. The van der Waals surface area contributed by atoms with Crippen molar-refractivity contribution in [3.05, 3.63) is 34.8 Å². The Labute approximate surface area is 100 Å². The molecule has 1 N–H and O–H groups in total. The van der Waals surface area contributed by atoms with Crippen LogP contribution in [0, 0.1) is 0 Å². The van der Waals surface area contributed by atoms with Crippen molar-refractivity contribution < 1.29 is 0 Å². The van der Waals surface area contributed by atoms with Crippen LogP contribution in [-0.2, 0) is 6.54 Å². The number of hydrogen-bond acceptors (Lipinski definition) is 3. The molecule has 2 aromatic heterocycles. The van der Waals surface area contributed by atoms with Crippen LogP contribution in [0.1, 0.15) is 31.9 Å². The predicted molar refractivity (Wildman–Crippen MR) is 68.9 cm³/mol. The highest BCUT2D eigenvalue weighted by atomic mass is 32.1. The second-order valence-corrected chi connectivity index (χ2v) is 4.65. The van der Waals surface area contributed by atoms with Crippen LogP contribution in [0.3, 0.4) is 0 Å². The van der Waals surface area contributed by atoms with Crippen LogP contribution in [0.5, 0.6) is 0 Å². The smallest absolute Gasteiger partial charge is 0.203 e. The van der Waals surface area contributed by atoms with Crippen molar-refractivity contribution in [2.75, 3.05) is 5.32 Å². The average Bonchev–Trinajstić information content (AvgIpc) is 2.90. The molecule has 1 atom stereocenters. The number of hydrogen-bond donors (Lipinski definition) is 1. The Hall–Kier alpha value is -1.29. The van der Waals surface area contributed by atoms with Gasteiger partial charge in [-0.3, -0.25) is 0 Å². The van der Waals surface area contributed by atoms with Gasteiger partial charge in [-0.1, -0.05) is 6.92 Å². The molecule has 2 heterocycles. The lowest BCUT2D eigenvalue weighted by molar-refractivity contribution is 0.675. The fourth-order valence-corrected chi connectivity index (χ4v) is 2.42. The van der Waals surface area contributed by atoms with Gasteiger partial charge in [0.15, 0.2) is 0 Å². The average molecular weight is 235 g/mol. The number of aromatic nitrogens is 2. The predicted octanol–water partition coefficient (Wildman–Crippen LogP) is 3.53. The van der Waals surface area contributed by atoms with Crippen LogP contribution < -0.4 is 5.32 Å². The third kappa shape index (κ3) is 2.44. The largest absolute Gasteiger partial charge is 0.349 e. The molecule has 1 unspecified atom stereocenters. The number of rotatable bonds is 5. The summed E-state index contributed by atoms with van der Waals surface area (Å²) in [5.41, 5.74) is 1.32. The van der Waals surface area contributed by atoms with Gasteiger partial charge in [0.1, 0.15) is 0 Å². The fraction of sp³-hybridized carbons (Fsp3) is 0.417. The molecule has 0 aliphatic carbocycles. The minimum atomic E-state index is 0.309. The number of imidazole rings is 1. The topological polar surface area (TPSA) is 29.9 Å². The van der Waals surface area contributed by atoms with Gasteiger partial charge < -0.3 is 9.88 Å². The quantitative estimate of drug-likeness (QED) is 0.859. The summed E-state index contributed by atoms with van der Waals surface area (Å²) >= 11 is 1.73. The maximum Gasteiger partial charge on any atom is 0.203 e. The van der Waals surface area contributed by atoms with Crippen LogP contribution in [0.25, 0.3) is 0 Å². The zero-order chi connectivity index (χ0) is 11.4. The van der Waals surface area contributed by atoms with E-state index in [1.54, 1.807) is 11.3 Å². The summed E-state index contributed by atoms with van der Waals surface area (Å²) in [5.74, 6) is 0.959. The maximum atomic E-state index is 4.34. The van der Waals surface area contributed by atoms with E-state index in [9.17, 15) is 0 Å². The number of aryl methyl sites for hydroxylation is 1. The molecule has 0 aliphatic heterocycles. The molecule has 0 saturated carbocycles. The molecular weight excluding hydrogens is 218 g/mol. The fourth-order valence-electron chi connectivity index (χ4n) is 1.67. The van der Waals surface area contributed by atoms with Gasteiger partial charge >= 0.3 is 0 Å². The Morgan fingerprint density at radius 3 is 3.12 bits per heavy atom. The van der Waals surface area contributed by atoms with E-state index < -0.39 is 0 Å². The van der Waals surface area contributed by atoms with Crippen molar-refractivity contribution in [3.63, 3.8) is 0 Å². The summed E-state index contributed by atoms with van der Waals surface area (Å²) in [7, 11) is 0. The Balaban J connectivity index is 2.06. The second kappa shape index (κ2) is 5.16. The van der Waals surface area contributed by atoms with Gasteiger partial charge in [0.25, 0.3) is 0 Å². The van der Waals surface area contributed by atoms with Crippen molar-refractivity contribution >= 4 is 17.3 Å². The first-order chi connectivity index (χ1) is 7.81. The molecule has 86 valence electrons. The van der Waals surface area contributed by atoms with Gasteiger partial charge in [0, 0.05) is 18.9 Å². The Morgan fingerprint density at radius 1 is 1.56 bits per heavy atom. The first-order valence-electron chi connectivity index (χ1n) is 5.61. The van der Waals surface area contributed by atoms with E-state index in [1.165, 1.54) is 5.56 Å². The third-order valence-corrected chi connectivity index (χ3v) is 3.27. The number of nitrogens with one attached hydrogen (secondary N) is 1. The summed E-state index contributed by atoms with van der Waals surface area (Å²) in [6.07, 6.45) is 4.99. The molecular formula is C12H17N3S. The lowest BCUT2D eigenvalue weighted by Gasteiger charge is -2.14. The normalized spacial score (nSPS) is 12.6. The van der Waals surface area contributed by atoms with Crippen LogP contribution in [0.15, 0.2) is 29.2 Å². The highest BCUT2D eigenvalue weighted by Crippen LogP contribution is 2.20. The molecule has 0 aliphatic rings. The molecule has 0 spiro atoms. The van der Waals surface area contributed by atoms with Gasteiger partial charge in [-0.05, 0) is 35.7 Å². The minimum absolute atomic E-state index is 0.309. The maximum absolute atomic E-state index is 4.34. The Bertz CT molecular complexity index is 419. The van der Waals surface area contributed by atoms with Gasteiger partial charge in [-0.2, -0.15) is 11.3 Å². The molecule has 4 heteroatoms. The molecule has 3 nitrogen and oxygen atoms in total. The standard InChI is InChI=1S/C12H17N3S/c1-3-6-15-7-5-13-12(15)14-10(2)11-4-8-16-9-11/h4-5,7-10H,3,6H2,1-2H3,(H,13,14). The molecule has 0 radical (unpaired) electrons. The van der Waals surface area contributed by atoms with E-state index >= 15 is 0 Å². The molecule has 2 rings (SSSR count). The lowest BCUT2D eigenvalue weighted by Crippen LogP contribution is -2.11. The number of thiophene rings is 1. The molecule has 0 saturated heterocycles. The summed E-state index contributed by atoms with van der Waals surface area (Å²) in [6, 6.07) is 2.46. The molecule has 2 aromatic rings. The van der Waals surface area contributed by atoms with E-state index in [0.29, 0.717) is 6.04 Å². The van der Waals surface area contributed by atoms with Gasteiger partial charge in [-0.25, -0.2) is 4.98 Å². The third-order valence-electron chi connectivity index (χ3n) is 2.57. The Kier molecular flexibility index (Phi) is 3.62. The van der Waals surface area contributed by atoms with E-state index in [1.807, 2.05) is 12.4 Å². The Morgan fingerprint density at radius 2 is 2.44 bits per heavy atom. The summed E-state index contributed by atoms with van der Waals surface area (Å²) in [5, 5.41) is 7.71. The van der Waals surface area contributed by atoms with Crippen molar-refractivity contribution in [2.45, 2.75) is 32.9 Å². The summed E-state index contributed by atoms with van der Waals surface area (Å²) < 4.78 is 2.16. The van der Waals surface area contributed by atoms with Gasteiger partial charge in [-0.15, -0.1) is 0 Å². The van der Waals surface area contributed by atoms with E-state index in [2.05, 4.69) is 45.5 Å². The first-order valence-corrected chi connectivity index (χ1v) is 6.55. The van der Waals surface area contributed by atoms with E-state index in [0.717, 1.165) is 18.9 Å². The van der Waals surface area contributed by atoms with Crippen molar-refractivity contribution in [1.29, 1.82) is 0 Å². The molecule has 16 heavy (non-hydrogen) atoms. The van der Waals surface area contributed by atoms with Gasteiger partial charge in [0.05, 0.1) is 6.04 Å². The van der Waals surface area contributed by atoms with Crippen LogP contribution >= 0.6 is 11.3 Å². The minimum Gasteiger partial charge on any atom is -0.349 e. The highest BCUT2D eigenvalue weighted by Gasteiger charge is 2.08. The lowest BCUT2D eigenvalue weighted by atomic mass is 10.2. The molecule has 0 aromatic carbocycles. The van der Waals surface area contributed by atoms with E-state index in [4.69, 9.17) is 0 Å². The highest BCUT2D eigenvalue weighted by molar-refractivity contribution is 7.07. The summed E-state index contributed by atoms with van der Waals surface area (Å²) in [4.78, 5) is 4.34. The van der Waals surface area contributed by atoms with E-state index in [-0.39, 0.29) is 0 Å². The molecule has 0 bridgehead atoms. The zero-order valence-electron chi connectivity index (χ0n) is 9.68. The second-order valence-electron chi connectivity index (χ2n) is 3.87. The van der Waals surface area contributed by atoms with Crippen molar-refractivity contribution in [2.24, 2.45) is 0 Å². The monoisotopic (exact) mass is 235 g/mol. The first kappa shape index (κ1) is 11.2. The van der Waals surface area contributed by atoms with Crippen molar-refractivity contribution in [1.82, 2.24) is 9.55 Å². The zero-order valence-corrected chi connectivity index (χ0v) is 10.5. The number of anilines is 1.